The minimum absolute atomic E-state index is 0.217. The van der Waals surface area contributed by atoms with Gasteiger partial charge < -0.3 is 15.7 Å². The Morgan fingerprint density at radius 2 is 1.90 bits per heavy atom. The molecule has 6 heteroatoms. The molecule has 0 spiro atoms. The zero-order chi connectivity index (χ0) is 15.2. The number of urea groups is 1. The van der Waals surface area contributed by atoms with Crippen molar-refractivity contribution in [3.05, 3.63) is 59.4 Å². The lowest BCUT2D eigenvalue weighted by atomic mass is 10.1. The largest absolute Gasteiger partial charge is 0.478 e. The normalized spacial score (nSPS) is 9.95. The highest BCUT2D eigenvalue weighted by molar-refractivity contribution is 5.89. The summed E-state index contributed by atoms with van der Waals surface area (Å²) in [7, 11) is 0. The standard InChI is InChI=1S/C15H15N3O3/c1-10-6-13(9-16-7-10)18-15(21)17-8-11-2-4-12(5-3-11)14(19)20/h2-7,9H,8H2,1H3,(H,19,20)(H2,17,18,21). The van der Waals surface area contributed by atoms with Gasteiger partial charge >= 0.3 is 12.0 Å². The van der Waals surface area contributed by atoms with E-state index in [0.29, 0.717) is 12.2 Å². The molecule has 2 amide bonds. The summed E-state index contributed by atoms with van der Waals surface area (Å²) in [5, 5.41) is 14.2. The number of aromatic nitrogens is 1. The Kier molecular flexibility index (Phi) is 4.50. The first kappa shape index (κ1) is 14.5. The molecule has 6 nitrogen and oxygen atoms in total. The van der Waals surface area contributed by atoms with Gasteiger partial charge in [-0.15, -0.1) is 0 Å². The first-order valence-electron chi connectivity index (χ1n) is 6.33. The van der Waals surface area contributed by atoms with E-state index < -0.39 is 5.97 Å². The molecule has 0 atom stereocenters. The topological polar surface area (TPSA) is 91.3 Å². The number of benzene rings is 1. The van der Waals surface area contributed by atoms with Crippen LogP contribution in [-0.2, 0) is 6.54 Å². The van der Waals surface area contributed by atoms with Crippen molar-refractivity contribution in [2.24, 2.45) is 0 Å². The Bertz CT molecular complexity index is 653. The van der Waals surface area contributed by atoms with Gasteiger partial charge in [-0.3, -0.25) is 4.98 Å². The molecule has 1 aromatic heterocycles. The summed E-state index contributed by atoms with van der Waals surface area (Å²) in [6.07, 6.45) is 3.27. The van der Waals surface area contributed by atoms with Crippen LogP contribution in [0.1, 0.15) is 21.5 Å². The van der Waals surface area contributed by atoms with Crippen LogP contribution in [0.15, 0.2) is 42.7 Å². The van der Waals surface area contributed by atoms with Gasteiger partial charge in [0.15, 0.2) is 0 Å². The number of carbonyl (C=O) groups is 2. The number of pyridine rings is 1. The van der Waals surface area contributed by atoms with Crippen LogP contribution < -0.4 is 10.6 Å². The molecule has 0 saturated heterocycles. The van der Waals surface area contributed by atoms with Gasteiger partial charge in [0, 0.05) is 12.7 Å². The van der Waals surface area contributed by atoms with E-state index in [2.05, 4.69) is 15.6 Å². The second kappa shape index (κ2) is 6.51. The molecule has 1 heterocycles. The number of nitrogens with zero attached hydrogens (tertiary/aromatic N) is 1. The third-order valence-corrected chi connectivity index (χ3v) is 2.79. The molecule has 0 bridgehead atoms. The van der Waals surface area contributed by atoms with Crippen LogP contribution in [0, 0.1) is 6.92 Å². The summed E-state index contributed by atoms with van der Waals surface area (Å²) >= 11 is 0. The summed E-state index contributed by atoms with van der Waals surface area (Å²) < 4.78 is 0. The molecular formula is C15H15N3O3. The molecule has 1 aromatic carbocycles. The van der Waals surface area contributed by atoms with Crippen molar-refractivity contribution in [1.82, 2.24) is 10.3 Å². The number of rotatable bonds is 4. The van der Waals surface area contributed by atoms with Crippen molar-refractivity contribution in [2.75, 3.05) is 5.32 Å². The second-order valence-corrected chi connectivity index (χ2v) is 4.56. The second-order valence-electron chi connectivity index (χ2n) is 4.56. The van der Waals surface area contributed by atoms with E-state index in [1.165, 1.54) is 12.1 Å². The van der Waals surface area contributed by atoms with E-state index in [0.717, 1.165) is 11.1 Å². The summed E-state index contributed by atoms with van der Waals surface area (Å²) in [5.74, 6) is -0.973. The molecule has 0 aliphatic carbocycles. The summed E-state index contributed by atoms with van der Waals surface area (Å²) in [4.78, 5) is 26.4. The van der Waals surface area contributed by atoms with Gasteiger partial charge in [-0.25, -0.2) is 9.59 Å². The maximum atomic E-state index is 11.7. The molecule has 0 aliphatic rings. The number of hydrogen-bond acceptors (Lipinski definition) is 3. The molecular weight excluding hydrogens is 270 g/mol. The van der Waals surface area contributed by atoms with Crippen LogP contribution in [0.5, 0.6) is 0 Å². The lowest BCUT2D eigenvalue weighted by Crippen LogP contribution is -2.28. The van der Waals surface area contributed by atoms with E-state index in [9.17, 15) is 9.59 Å². The highest BCUT2D eigenvalue weighted by Gasteiger charge is 2.04. The third kappa shape index (κ3) is 4.31. The number of carbonyl (C=O) groups excluding carboxylic acids is 1. The summed E-state index contributed by atoms with van der Waals surface area (Å²) in [6, 6.07) is 7.80. The van der Waals surface area contributed by atoms with E-state index in [1.54, 1.807) is 24.5 Å². The Labute approximate surface area is 121 Å². The van der Waals surface area contributed by atoms with Crippen LogP contribution in [-0.4, -0.2) is 22.1 Å². The molecule has 0 fully saturated rings. The lowest BCUT2D eigenvalue weighted by molar-refractivity contribution is 0.0697. The van der Waals surface area contributed by atoms with Crippen molar-refractivity contribution in [2.45, 2.75) is 13.5 Å². The van der Waals surface area contributed by atoms with E-state index >= 15 is 0 Å². The number of aryl methyl sites for hydroxylation is 1. The summed E-state index contributed by atoms with van der Waals surface area (Å²) in [6.45, 7) is 2.20. The van der Waals surface area contributed by atoms with Gasteiger partial charge in [0.1, 0.15) is 0 Å². The Hall–Kier alpha value is -2.89. The van der Waals surface area contributed by atoms with Crippen molar-refractivity contribution in [3.63, 3.8) is 0 Å². The molecule has 21 heavy (non-hydrogen) atoms. The Morgan fingerprint density at radius 3 is 2.52 bits per heavy atom. The van der Waals surface area contributed by atoms with E-state index in [1.807, 2.05) is 13.0 Å². The quantitative estimate of drug-likeness (QED) is 0.804. The van der Waals surface area contributed by atoms with Crippen LogP contribution in [0.25, 0.3) is 0 Å². The SMILES string of the molecule is Cc1cncc(NC(=O)NCc2ccc(C(=O)O)cc2)c1. The molecule has 0 radical (unpaired) electrons. The third-order valence-electron chi connectivity index (χ3n) is 2.79. The van der Waals surface area contributed by atoms with Crippen molar-refractivity contribution in [3.8, 4) is 0 Å². The molecule has 0 unspecified atom stereocenters. The minimum atomic E-state index is -0.973. The van der Waals surface area contributed by atoms with Gasteiger partial charge in [-0.05, 0) is 36.2 Å². The van der Waals surface area contributed by atoms with Gasteiger partial charge in [-0.2, -0.15) is 0 Å². The molecule has 0 aliphatic heterocycles. The number of nitrogens with one attached hydrogen (secondary N) is 2. The number of aromatic carboxylic acids is 1. The Balaban J connectivity index is 1.87. The monoisotopic (exact) mass is 285 g/mol. The van der Waals surface area contributed by atoms with Crippen LogP contribution >= 0.6 is 0 Å². The fourth-order valence-electron chi connectivity index (χ4n) is 1.75. The fourth-order valence-corrected chi connectivity index (χ4v) is 1.75. The average molecular weight is 285 g/mol. The lowest BCUT2D eigenvalue weighted by Gasteiger charge is -2.08. The number of anilines is 1. The predicted molar refractivity (Wildman–Crippen MR) is 78.2 cm³/mol. The van der Waals surface area contributed by atoms with Gasteiger partial charge in [0.25, 0.3) is 0 Å². The van der Waals surface area contributed by atoms with Crippen molar-refractivity contribution < 1.29 is 14.7 Å². The first-order chi connectivity index (χ1) is 10.0. The predicted octanol–water partition coefficient (Wildman–Crippen LogP) is 2.41. The molecule has 2 aromatic rings. The van der Waals surface area contributed by atoms with E-state index in [4.69, 9.17) is 5.11 Å². The number of amides is 2. The van der Waals surface area contributed by atoms with Crippen molar-refractivity contribution >= 4 is 17.7 Å². The smallest absolute Gasteiger partial charge is 0.335 e. The van der Waals surface area contributed by atoms with Crippen molar-refractivity contribution in [1.29, 1.82) is 0 Å². The molecule has 3 N–H and O–H groups in total. The number of carboxylic acid groups (broad SMARTS) is 1. The molecule has 108 valence electrons. The minimum Gasteiger partial charge on any atom is -0.478 e. The number of hydrogen-bond donors (Lipinski definition) is 3. The highest BCUT2D eigenvalue weighted by atomic mass is 16.4. The fraction of sp³-hybridized carbons (Fsp3) is 0.133. The summed E-state index contributed by atoms with van der Waals surface area (Å²) in [5.41, 5.74) is 2.61. The van der Waals surface area contributed by atoms with Gasteiger partial charge in [0.05, 0.1) is 17.4 Å². The average Bonchev–Trinajstić information content (AvgIpc) is 2.45. The van der Waals surface area contributed by atoms with E-state index in [-0.39, 0.29) is 11.6 Å². The molecule has 2 rings (SSSR count). The van der Waals surface area contributed by atoms with Gasteiger partial charge in [0.2, 0.25) is 0 Å². The number of carboxylic acids is 1. The van der Waals surface area contributed by atoms with Crippen LogP contribution in [0.2, 0.25) is 0 Å². The maximum absolute atomic E-state index is 11.7. The van der Waals surface area contributed by atoms with Gasteiger partial charge in [-0.1, -0.05) is 12.1 Å². The van der Waals surface area contributed by atoms with Crippen LogP contribution in [0.4, 0.5) is 10.5 Å². The zero-order valence-corrected chi connectivity index (χ0v) is 11.5. The molecule has 0 saturated carbocycles. The zero-order valence-electron chi connectivity index (χ0n) is 11.5. The maximum Gasteiger partial charge on any atom is 0.335 e. The first-order valence-corrected chi connectivity index (χ1v) is 6.33. The van der Waals surface area contributed by atoms with Crippen LogP contribution in [0.3, 0.4) is 0 Å². The highest BCUT2D eigenvalue weighted by Crippen LogP contribution is 2.07. The Morgan fingerprint density at radius 1 is 1.19 bits per heavy atom.